The number of benzene rings is 4. The number of nitrogens with zero attached hydrogens (tertiary/aromatic N) is 1. The lowest BCUT2D eigenvalue weighted by atomic mass is 9.87. The normalized spacial score (nSPS) is 17.4. The standard InChI is InChI=1S/C27H20FNO3/c28-20-14-15-25(30)23(16-20)27(32)22-12-6-7-13-24(22)29(26(27)31)17-19-10-4-5-11-21(19)18-8-2-1-3-9-18/h1-16,30,32H,17H2. The van der Waals surface area contributed by atoms with Crippen molar-refractivity contribution >= 4 is 11.6 Å². The summed E-state index contributed by atoms with van der Waals surface area (Å²) in [6, 6.07) is 27.7. The highest BCUT2D eigenvalue weighted by Gasteiger charge is 2.52. The van der Waals surface area contributed by atoms with Gasteiger partial charge >= 0.3 is 0 Å². The van der Waals surface area contributed by atoms with E-state index in [0.717, 1.165) is 34.9 Å². The van der Waals surface area contributed by atoms with E-state index in [2.05, 4.69) is 0 Å². The first-order valence-corrected chi connectivity index (χ1v) is 10.3. The van der Waals surface area contributed by atoms with Crippen molar-refractivity contribution in [2.24, 2.45) is 0 Å². The van der Waals surface area contributed by atoms with Crippen molar-refractivity contribution in [3.63, 3.8) is 0 Å². The number of carbonyl (C=O) groups is 1. The van der Waals surface area contributed by atoms with Crippen LogP contribution in [0.3, 0.4) is 0 Å². The fourth-order valence-electron chi connectivity index (χ4n) is 4.38. The minimum atomic E-state index is -2.19. The lowest BCUT2D eigenvalue weighted by Gasteiger charge is -2.25. The summed E-state index contributed by atoms with van der Waals surface area (Å²) in [4.78, 5) is 15.1. The Labute approximate surface area is 184 Å². The molecule has 0 bridgehead atoms. The summed E-state index contributed by atoms with van der Waals surface area (Å²) in [6.45, 7) is 0.208. The fourth-order valence-corrected chi connectivity index (χ4v) is 4.38. The molecule has 0 saturated heterocycles. The van der Waals surface area contributed by atoms with Crippen molar-refractivity contribution < 1.29 is 19.4 Å². The lowest BCUT2D eigenvalue weighted by Crippen LogP contribution is -2.41. The van der Waals surface area contributed by atoms with Crippen LogP contribution in [0.2, 0.25) is 0 Å². The number of hydrogen-bond donors (Lipinski definition) is 2. The Morgan fingerprint density at radius 3 is 2.31 bits per heavy atom. The van der Waals surface area contributed by atoms with Gasteiger partial charge in [-0.3, -0.25) is 4.79 Å². The summed E-state index contributed by atoms with van der Waals surface area (Å²) in [5.41, 5.74) is 1.35. The third-order valence-corrected chi connectivity index (χ3v) is 5.92. The van der Waals surface area contributed by atoms with Crippen LogP contribution in [-0.2, 0) is 16.9 Å². The third-order valence-electron chi connectivity index (χ3n) is 5.92. The van der Waals surface area contributed by atoms with Crippen LogP contribution in [-0.4, -0.2) is 16.1 Å². The summed E-state index contributed by atoms with van der Waals surface area (Å²) >= 11 is 0. The van der Waals surface area contributed by atoms with Crippen molar-refractivity contribution in [2.45, 2.75) is 12.1 Å². The molecular formula is C27H20FNO3. The fraction of sp³-hybridized carbons (Fsp3) is 0.0741. The van der Waals surface area contributed by atoms with Gasteiger partial charge in [-0.25, -0.2) is 4.39 Å². The molecule has 5 heteroatoms. The number of halogens is 1. The van der Waals surface area contributed by atoms with Crippen LogP contribution in [0.5, 0.6) is 5.75 Å². The number of phenols is 1. The number of amides is 1. The zero-order valence-electron chi connectivity index (χ0n) is 17.1. The van der Waals surface area contributed by atoms with E-state index >= 15 is 0 Å². The summed E-state index contributed by atoms with van der Waals surface area (Å²) in [6.07, 6.45) is 0. The molecule has 0 fully saturated rings. The Morgan fingerprint density at radius 2 is 1.50 bits per heavy atom. The number of carbonyl (C=O) groups excluding carboxylic acids is 1. The molecule has 5 rings (SSSR count). The van der Waals surface area contributed by atoms with Crippen LogP contribution in [0.4, 0.5) is 10.1 Å². The molecule has 158 valence electrons. The SMILES string of the molecule is O=C1N(Cc2ccccc2-c2ccccc2)c2ccccc2C1(O)c1cc(F)ccc1O. The number of anilines is 1. The van der Waals surface area contributed by atoms with E-state index in [1.165, 1.54) is 4.90 Å². The monoisotopic (exact) mass is 425 g/mol. The predicted molar refractivity (Wildman–Crippen MR) is 121 cm³/mol. The second-order valence-corrected chi connectivity index (χ2v) is 7.80. The van der Waals surface area contributed by atoms with Gasteiger partial charge in [-0.15, -0.1) is 0 Å². The lowest BCUT2D eigenvalue weighted by molar-refractivity contribution is -0.132. The van der Waals surface area contributed by atoms with E-state index in [4.69, 9.17) is 0 Å². The van der Waals surface area contributed by atoms with Crippen LogP contribution in [0.25, 0.3) is 11.1 Å². The molecule has 0 radical (unpaired) electrons. The van der Waals surface area contributed by atoms with E-state index in [-0.39, 0.29) is 17.9 Å². The van der Waals surface area contributed by atoms with Gasteiger partial charge in [0.25, 0.3) is 5.91 Å². The summed E-state index contributed by atoms with van der Waals surface area (Å²) in [5.74, 6) is -1.63. The predicted octanol–water partition coefficient (Wildman–Crippen LogP) is 4.98. The van der Waals surface area contributed by atoms with Gasteiger partial charge in [0.2, 0.25) is 5.60 Å². The number of phenolic OH excluding ortho intramolecular Hbond substituents is 1. The molecule has 1 heterocycles. The third kappa shape index (κ3) is 3.06. The average molecular weight is 425 g/mol. The second kappa shape index (κ2) is 7.62. The molecule has 0 aliphatic carbocycles. The number of aromatic hydroxyl groups is 1. The molecule has 4 aromatic carbocycles. The van der Waals surface area contributed by atoms with Gasteiger partial charge in [0.1, 0.15) is 11.6 Å². The van der Waals surface area contributed by atoms with Crippen LogP contribution < -0.4 is 4.90 Å². The topological polar surface area (TPSA) is 60.8 Å². The van der Waals surface area contributed by atoms with Gasteiger partial charge in [-0.05, 0) is 41.0 Å². The first-order valence-electron chi connectivity index (χ1n) is 10.3. The zero-order valence-corrected chi connectivity index (χ0v) is 17.1. The minimum absolute atomic E-state index is 0.172. The van der Waals surface area contributed by atoms with Gasteiger partial charge < -0.3 is 15.1 Å². The Bertz CT molecular complexity index is 1320. The Balaban J connectivity index is 1.63. The molecule has 0 aromatic heterocycles. The maximum absolute atomic E-state index is 14.0. The first kappa shape index (κ1) is 20.0. The van der Waals surface area contributed by atoms with E-state index in [1.54, 1.807) is 24.3 Å². The molecule has 4 aromatic rings. The number of para-hydroxylation sites is 1. The van der Waals surface area contributed by atoms with Crippen molar-refractivity contribution in [1.29, 1.82) is 0 Å². The molecule has 4 nitrogen and oxygen atoms in total. The number of aliphatic hydroxyl groups is 1. The Hall–Kier alpha value is -3.96. The Morgan fingerprint density at radius 1 is 0.812 bits per heavy atom. The largest absolute Gasteiger partial charge is 0.508 e. The highest BCUT2D eigenvalue weighted by molar-refractivity contribution is 6.09. The number of fused-ring (bicyclic) bond motifs is 1. The van der Waals surface area contributed by atoms with E-state index in [9.17, 15) is 19.4 Å². The molecular weight excluding hydrogens is 405 g/mol. The molecule has 2 N–H and O–H groups in total. The minimum Gasteiger partial charge on any atom is -0.508 e. The second-order valence-electron chi connectivity index (χ2n) is 7.80. The quantitative estimate of drug-likeness (QED) is 0.485. The van der Waals surface area contributed by atoms with Gasteiger partial charge in [0, 0.05) is 11.1 Å². The van der Waals surface area contributed by atoms with Crippen molar-refractivity contribution in [1.82, 2.24) is 0 Å². The highest BCUT2D eigenvalue weighted by Crippen LogP contribution is 2.47. The van der Waals surface area contributed by atoms with Crippen molar-refractivity contribution in [3.8, 4) is 16.9 Å². The molecule has 1 atom stereocenters. The van der Waals surface area contributed by atoms with Crippen molar-refractivity contribution in [2.75, 3.05) is 4.90 Å². The number of hydrogen-bond acceptors (Lipinski definition) is 3. The first-order chi connectivity index (χ1) is 15.5. The smallest absolute Gasteiger partial charge is 0.268 e. The van der Waals surface area contributed by atoms with Gasteiger partial charge in [-0.2, -0.15) is 0 Å². The maximum atomic E-state index is 14.0. The Kier molecular flexibility index (Phi) is 4.76. The van der Waals surface area contributed by atoms with E-state index in [1.807, 2.05) is 54.6 Å². The molecule has 32 heavy (non-hydrogen) atoms. The highest BCUT2D eigenvalue weighted by atomic mass is 19.1. The van der Waals surface area contributed by atoms with Gasteiger partial charge in [-0.1, -0.05) is 72.8 Å². The van der Waals surface area contributed by atoms with Crippen LogP contribution >= 0.6 is 0 Å². The summed E-state index contributed by atoms with van der Waals surface area (Å²) in [5, 5.41) is 22.0. The maximum Gasteiger partial charge on any atom is 0.268 e. The molecule has 1 unspecified atom stereocenters. The van der Waals surface area contributed by atoms with Gasteiger partial charge in [0.05, 0.1) is 12.2 Å². The summed E-state index contributed by atoms with van der Waals surface area (Å²) < 4.78 is 14.0. The molecule has 1 aliphatic heterocycles. The molecule has 1 aliphatic rings. The molecule has 1 amide bonds. The number of rotatable bonds is 4. The van der Waals surface area contributed by atoms with Crippen molar-refractivity contribution in [3.05, 3.63) is 120 Å². The molecule has 0 saturated carbocycles. The van der Waals surface area contributed by atoms with E-state index in [0.29, 0.717) is 11.3 Å². The van der Waals surface area contributed by atoms with Crippen LogP contribution in [0.15, 0.2) is 97.1 Å². The van der Waals surface area contributed by atoms with Crippen LogP contribution in [0.1, 0.15) is 16.7 Å². The van der Waals surface area contributed by atoms with Gasteiger partial charge in [0.15, 0.2) is 0 Å². The summed E-state index contributed by atoms with van der Waals surface area (Å²) in [7, 11) is 0. The molecule has 0 spiro atoms. The average Bonchev–Trinajstić information content (AvgIpc) is 3.04. The van der Waals surface area contributed by atoms with Crippen LogP contribution in [0, 0.1) is 5.82 Å². The zero-order chi connectivity index (χ0) is 22.3. The van der Waals surface area contributed by atoms with E-state index < -0.39 is 17.3 Å².